The summed E-state index contributed by atoms with van der Waals surface area (Å²) in [5.41, 5.74) is 0. The summed E-state index contributed by atoms with van der Waals surface area (Å²) in [5, 5.41) is 8.74. The van der Waals surface area contributed by atoms with E-state index in [0.29, 0.717) is 0 Å². The molecular formula is C11H17NO5S2. The maximum absolute atomic E-state index is 12.3. The number of carboxylic acids is 1. The lowest BCUT2D eigenvalue weighted by molar-refractivity contribution is -0.140. The minimum absolute atomic E-state index is 0.0632. The molecule has 0 spiro atoms. The molecule has 2 heterocycles. The molecule has 0 aromatic heterocycles. The van der Waals surface area contributed by atoms with E-state index in [9.17, 15) is 18.0 Å². The van der Waals surface area contributed by atoms with Crippen molar-refractivity contribution in [2.45, 2.75) is 30.6 Å². The minimum atomic E-state index is -3.23. The third-order valence-corrected chi connectivity index (χ3v) is 6.49. The molecule has 0 aliphatic carbocycles. The van der Waals surface area contributed by atoms with Crippen LogP contribution in [0.15, 0.2) is 0 Å². The summed E-state index contributed by atoms with van der Waals surface area (Å²) in [7, 11) is -3.23. The number of amides is 1. The van der Waals surface area contributed by atoms with Crippen LogP contribution >= 0.6 is 11.8 Å². The molecule has 2 atom stereocenters. The zero-order chi connectivity index (χ0) is 14.0. The molecule has 2 saturated heterocycles. The van der Waals surface area contributed by atoms with Crippen LogP contribution in [0.3, 0.4) is 0 Å². The van der Waals surface area contributed by atoms with E-state index in [1.807, 2.05) is 0 Å². The lowest BCUT2D eigenvalue weighted by atomic mass is 10.1. The molecule has 0 bridgehead atoms. The molecule has 1 amide bonds. The van der Waals surface area contributed by atoms with Gasteiger partial charge >= 0.3 is 5.97 Å². The third kappa shape index (κ3) is 3.62. The highest BCUT2D eigenvalue weighted by Crippen LogP contribution is 2.29. The van der Waals surface area contributed by atoms with Crippen LogP contribution in [0.4, 0.5) is 0 Å². The molecule has 2 aliphatic heterocycles. The SMILES string of the molecule is O=C(O)CC1CS(=O)(=O)CCN1C(=O)C1CCCS1. The molecule has 1 N–H and O–H groups in total. The Kier molecular flexibility index (Phi) is 4.39. The van der Waals surface area contributed by atoms with Crippen LogP contribution in [0.2, 0.25) is 0 Å². The van der Waals surface area contributed by atoms with Crippen molar-refractivity contribution < 1.29 is 23.1 Å². The maximum Gasteiger partial charge on any atom is 0.305 e. The average Bonchev–Trinajstić information content (AvgIpc) is 2.79. The average molecular weight is 307 g/mol. The van der Waals surface area contributed by atoms with Crippen LogP contribution in [0.5, 0.6) is 0 Å². The highest BCUT2D eigenvalue weighted by molar-refractivity contribution is 8.00. The molecule has 0 saturated carbocycles. The molecule has 108 valence electrons. The number of aliphatic carboxylic acids is 1. The predicted molar refractivity (Wildman–Crippen MR) is 71.9 cm³/mol. The first-order valence-electron chi connectivity index (χ1n) is 6.23. The van der Waals surface area contributed by atoms with Crippen molar-refractivity contribution in [3.63, 3.8) is 0 Å². The van der Waals surface area contributed by atoms with Gasteiger partial charge in [0.2, 0.25) is 5.91 Å². The van der Waals surface area contributed by atoms with Gasteiger partial charge < -0.3 is 10.0 Å². The van der Waals surface area contributed by atoms with Crippen LogP contribution in [0.25, 0.3) is 0 Å². The van der Waals surface area contributed by atoms with E-state index in [2.05, 4.69) is 0 Å². The number of nitrogens with zero attached hydrogens (tertiary/aromatic N) is 1. The van der Waals surface area contributed by atoms with Gasteiger partial charge in [0.15, 0.2) is 9.84 Å². The summed E-state index contributed by atoms with van der Waals surface area (Å²) in [6.07, 6.45) is 1.48. The Balaban J connectivity index is 2.11. The number of hydrogen-bond acceptors (Lipinski definition) is 5. The Morgan fingerprint density at radius 1 is 1.37 bits per heavy atom. The zero-order valence-electron chi connectivity index (χ0n) is 10.4. The second kappa shape index (κ2) is 5.70. The van der Waals surface area contributed by atoms with E-state index < -0.39 is 21.8 Å². The van der Waals surface area contributed by atoms with Crippen LogP contribution < -0.4 is 0 Å². The van der Waals surface area contributed by atoms with Crippen molar-refractivity contribution in [2.24, 2.45) is 0 Å². The Morgan fingerprint density at radius 3 is 2.68 bits per heavy atom. The van der Waals surface area contributed by atoms with Gasteiger partial charge in [0.1, 0.15) is 0 Å². The third-order valence-electron chi connectivity index (χ3n) is 3.43. The summed E-state index contributed by atoms with van der Waals surface area (Å²) in [5.74, 6) is -0.525. The number of thioether (sulfide) groups is 1. The van der Waals surface area contributed by atoms with Gasteiger partial charge in [0.05, 0.1) is 29.2 Å². The molecule has 2 fully saturated rings. The fraction of sp³-hybridized carbons (Fsp3) is 0.818. The highest BCUT2D eigenvalue weighted by Gasteiger charge is 2.38. The summed E-state index contributed by atoms with van der Waals surface area (Å²) in [4.78, 5) is 24.6. The number of carbonyl (C=O) groups is 2. The molecule has 2 unspecified atom stereocenters. The topological polar surface area (TPSA) is 91.8 Å². The molecule has 0 radical (unpaired) electrons. The molecule has 6 nitrogen and oxygen atoms in total. The summed E-state index contributed by atoms with van der Waals surface area (Å²) < 4.78 is 23.2. The lowest BCUT2D eigenvalue weighted by Crippen LogP contribution is -2.54. The van der Waals surface area contributed by atoms with E-state index >= 15 is 0 Å². The second-order valence-electron chi connectivity index (χ2n) is 4.90. The van der Waals surface area contributed by atoms with Crippen molar-refractivity contribution in [1.29, 1.82) is 0 Å². The van der Waals surface area contributed by atoms with Crippen molar-refractivity contribution in [1.82, 2.24) is 4.90 Å². The Labute approximate surface area is 116 Å². The summed E-state index contributed by atoms with van der Waals surface area (Å²) in [6, 6.07) is -0.718. The first-order chi connectivity index (χ1) is 8.89. The Hall–Kier alpha value is -0.760. The molecule has 19 heavy (non-hydrogen) atoms. The van der Waals surface area contributed by atoms with Gasteiger partial charge in [-0.1, -0.05) is 0 Å². The van der Waals surface area contributed by atoms with Gasteiger partial charge in [0.25, 0.3) is 0 Å². The first kappa shape index (κ1) is 14.6. The van der Waals surface area contributed by atoms with Gasteiger partial charge in [-0.05, 0) is 18.6 Å². The molecular weight excluding hydrogens is 290 g/mol. The van der Waals surface area contributed by atoms with Crippen molar-refractivity contribution >= 4 is 33.5 Å². The number of carbonyl (C=O) groups excluding carboxylic acids is 1. The fourth-order valence-electron chi connectivity index (χ4n) is 2.50. The van der Waals surface area contributed by atoms with E-state index in [1.54, 1.807) is 11.8 Å². The summed E-state index contributed by atoms with van der Waals surface area (Å²) in [6.45, 7) is 0.121. The number of carboxylic acid groups (broad SMARTS) is 1. The second-order valence-corrected chi connectivity index (χ2v) is 8.44. The quantitative estimate of drug-likeness (QED) is 0.788. The van der Waals surface area contributed by atoms with Crippen molar-refractivity contribution in [3.8, 4) is 0 Å². The van der Waals surface area contributed by atoms with E-state index in [-0.39, 0.29) is 35.6 Å². The normalized spacial score (nSPS) is 30.2. The molecule has 2 aliphatic rings. The van der Waals surface area contributed by atoms with Gasteiger partial charge in [0, 0.05) is 6.54 Å². The van der Waals surface area contributed by atoms with E-state index in [0.717, 1.165) is 18.6 Å². The largest absolute Gasteiger partial charge is 0.481 e. The highest BCUT2D eigenvalue weighted by atomic mass is 32.2. The minimum Gasteiger partial charge on any atom is -0.481 e. The molecule has 2 rings (SSSR count). The Morgan fingerprint density at radius 2 is 2.11 bits per heavy atom. The molecule has 0 aromatic rings. The van der Waals surface area contributed by atoms with Gasteiger partial charge in [-0.2, -0.15) is 0 Å². The first-order valence-corrected chi connectivity index (χ1v) is 9.10. The number of hydrogen-bond donors (Lipinski definition) is 1. The molecule has 8 heteroatoms. The van der Waals surface area contributed by atoms with E-state index in [4.69, 9.17) is 5.11 Å². The number of rotatable bonds is 3. The van der Waals surface area contributed by atoms with E-state index in [1.165, 1.54) is 4.90 Å². The standard InChI is InChI=1S/C11H17NO5S2/c13-10(14)6-8-7-19(16,17)5-3-12(8)11(15)9-2-1-4-18-9/h8-9H,1-7H2,(H,13,14). The van der Waals surface area contributed by atoms with Crippen molar-refractivity contribution in [2.75, 3.05) is 23.8 Å². The number of sulfone groups is 1. The zero-order valence-corrected chi connectivity index (χ0v) is 12.1. The van der Waals surface area contributed by atoms with Gasteiger partial charge in [-0.25, -0.2) is 8.42 Å². The maximum atomic E-state index is 12.3. The monoisotopic (exact) mass is 307 g/mol. The Bertz CT molecular complexity index is 469. The molecule has 0 aromatic carbocycles. The smallest absolute Gasteiger partial charge is 0.305 e. The van der Waals surface area contributed by atoms with Crippen molar-refractivity contribution in [3.05, 3.63) is 0 Å². The van der Waals surface area contributed by atoms with Crippen LogP contribution in [0, 0.1) is 0 Å². The lowest BCUT2D eigenvalue weighted by Gasteiger charge is -2.36. The van der Waals surface area contributed by atoms with Crippen LogP contribution in [-0.4, -0.2) is 65.4 Å². The van der Waals surface area contributed by atoms with Crippen LogP contribution in [-0.2, 0) is 19.4 Å². The fourth-order valence-corrected chi connectivity index (χ4v) is 5.26. The van der Waals surface area contributed by atoms with Gasteiger partial charge in [-0.15, -0.1) is 11.8 Å². The van der Waals surface area contributed by atoms with Gasteiger partial charge in [-0.3, -0.25) is 9.59 Å². The van der Waals surface area contributed by atoms with Crippen LogP contribution in [0.1, 0.15) is 19.3 Å². The summed E-state index contributed by atoms with van der Waals surface area (Å²) >= 11 is 1.58. The predicted octanol–water partition coefficient (Wildman–Crippen LogP) is -0.0177.